The van der Waals surface area contributed by atoms with E-state index in [9.17, 15) is 9.59 Å². The molecule has 0 radical (unpaired) electrons. The maximum absolute atomic E-state index is 11.8. The van der Waals surface area contributed by atoms with E-state index >= 15 is 0 Å². The molecule has 1 aromatic carbocycles. The van der Waals surface area contributed by atoms with Gasteiger partial charge in [0.1, 0.15) is 5.75 Å². The number of carbonyl (C=O) groups is 2. The van der Waals surface area contributed by atoms with E-state index in [4.69, 9.17) is 27.9 Å². The smallest absolute Gasteiger partial charge is 0.258 e. The third-order valence-corrected chi connectivity index (χ3v) is 3.64. The molecule has 1 aromatic rings. The lowest BCUT2D eigenvalue weighted by atomic mass is 9.85. The molecule has 0 atom stereocenters. The Hall–Kier alpha value is -1.46. The zero-order valence-corrected chi connectivity index (χ0v) is 15.9. The van der Waals surface area contributed by atoms with Crippen LogP contribution in [-0.2, 0) is 15.0 Å². The predicted molar refractivity (Wildman–Crippen MR) is 96.9 cm³/mol. The molecule has 0 spiro atoms. The van der Waals surface area contributed by atoms with Crippen LogP contribution in [0.25, 0.3) is 0 Å². The second-order valence-corrected chi connectivity index (χ2v) is 7.58. The Kier molecular flexibility index (Phi) is 7.84. The highest BCUT2D eigenvalue weighted by Gasteiger charge is 2.19. The highest BCUT2D eigenvalue weighted by atomic mass is 35.5. The van der Waals surface area contributed by atoms with Crippen LogP contribution in [0.15, 0.2) is 18.2 Å². The van der Waals surface area contributed by atoms with Crippen molar-refractivity contribution in [3.63, 3.8) is 0 Å². The van der Waals surface area contributed by atoms with Crippen molar-refractivity contribution < 1.29 is 14.3 Å². The summed E-state index contributed by atoms with van der Waals surface area (Å²) >= 11 is 10.8. The van der Waals surface area contributed by atoms with Crippen LogP contribution in [-0.4, -0.2) is 36.3 Å². The lowest BCUT2D eigenvalue weighted by Crippen LogP contribution is -2.38. The van der Waals surface area contributed by atoms with Crippen LogP contribution in [0.5, 0.6) is 5.75 Å². The van der Waals surface area contributed by atoms with E-state index in [0.29, 0.717) is 5.75 Å². The van der Waals surface area contributed by atoms with E-state index in [1.807, 2.05) is 19.1 Å². The standard InChI is InChI=1S/C17H24Cl2N2O3/c1-11-5-6-13(12(9-11)17(2,3)4)24-10-14(22)20-7-8-21-16(23)15(18)19/h5-6,9,15H,7-8,10H2,1-4H3,(H,20,22)(H,21,23). The number of halogens is 2. The quantitative estimate of drug-likeness (QED) is 0.569. The summed E-state index contributed by atoms with van der Waals surface area (Å²) < 4.78 is 5.66. The molecule has 7 heteroatoms. The minimum absolute atomic E-state index is 0.0816. The Labute approximate surface area is 153 Å². The second-order valence-electron chi connectivity index (χ2n) is 6.48. The average molecular weight is 375 g/mol. The Bertz CT molecular complexity index is 584. The molecule has 2 N–H and O–H groups in total. The Morgan fingerprint density at radius 2 is 1.79 bits per heavy atom. The largest absolute Gasteiger partial charge is 0.483 e. The van der Waals surface area contributed by atoms with Gasteiger partial charge < -0.3 is 15.4 Å². The molecule has 5 nitrogen and oxygen atoms in total. The molecule has 0 fully saturated rings. The van der Waals surface area contributed by atoms with Gasteiger partial charge in [-0.05, 0) is 24.0 Å². The average Bonchev–Trinajstić information content (AvgIpc) is 2.49. The second kappa shape index (κ2) is 9.14. The fourth-order valence-electron chi connectivity index (χ4n) is 2.01. The molecule has 0 aliphatic carbocycles. The summed E-state index contributed by atoms with van der Waals surface area (Å²) in [6.45, 7) is 8.74. The van der Waals surface area contributed by atoms with Gasteiger partial charge >= 0.3 is 0 Å². The van der Waals surface area contributed by atoms with Crippen LogP contribution >= 0.6 is 23.2 Å². The summed E-state index contributed by atoms with van der Waals surface area (Å²) in [5, 5.41) is 5.14. The number of carbonyl (C=O) groups excluding carboxylic acids is 2. The van der Waals surface area contributed by atoms with Crippen LogP contribution in [0.3, 0.4) is 0 Å². The van der Waals surface area contributed by atoms with Crippen molar-refractivity contribution in [2.45, 2.75) is 37.9 Å². The Balaban J connectivity index is 2.47. The monoisotopic (exact) mass is 374 g/mol. The van der Waals surface area contributed by atoms with E-state index < -0.39 is 10.7 Å². The summed E-state index contributed by atoms with van der Waals surface area (Å²) in [5.41, 5.74) is 2.11. The van der Waals surface area contributed by atoms with E-state index in [-0.39, 0.29) is 31.0 Å². The molecule has 134 valence electrons. The van der Waals surface area contributed by atoms with Crippen LogP contribution in [0.2, 0.25) is 0 Å². The minimum Gasteiger partial charge on any atom is -0.483 e. The molecule has 0 bridgehead atoms. The van der Waals surface area contributed by atoms with Crippen LogP contribution in [0.4, 0.5) is 0 Å². The lowest BCUT2D eigenvalue weighted by Gasteiger charge is -2.23. The van der Waals surface area contributed by atoms with Crippen molar-refractivity contribution >= 4 is 35.0 Å². The van der Waals surface area contributed by atoms with E-state index in [1.165, 1.54) is 0 Å². The molecular formula is C17H24Cl2N2O3. The zero-order valence-electron chi connectivity index (χ0n) is 14.4. The van der Waals surface area contributed by atoms with Gasteiger partial charge in [-0.1, -0.05) is 61.7 Å². The first-order valence-corrected chi connectivity index (χ1v) is 8.55. The lowest BCUT2D eigenvalue weighted by molar-refractivity contribution is -0.123. The number of rotatable bonds is 7. The molecule has 0 heterocycles. The molecule has 0 saturated carbocycles. The normalized spacial score (nSPS) is 11.3. The number of alkyl halides is 2. The van der Waals surface area contributed by atoms with E-state index in [1.54, 1.807) is 0 Å². The fourth-order valence-corrected chi connectivity index (χ4v) is 2.17. The highest BCUT2D eigenvalue weighted by molar-refractivity contribution is 6.53. The maximum Gasteiger partial charge on any atom is 0.258 e. The van der Waals surface area contributed by atoms with Gasteiger partial charge in [-0.3, -0.25) is 9.59 Å². The summed E-state index contributed by atoms with van der Waals surface area (Å²) in [6, 6.07) is 5.90. The van der Waals surface area contributed by atoms with Gasteiger partial charge in [0.15, 0.2) is 11.4 Å². The number of benzene rings is 1. The molecule has 24 heavy (non-hydrogen) atoms. The van der Waals surface area contributed by atoms with E-state index in [0.717, 1.165) is 11.1 Å². The summed E-state index contributed by atoms with van der Waals surface area (Å²) in [7, 11) is 0. The van der Waals surface area contributed by atoms with Crippen LogP contribution < -0.4 is 15.4 Å². The fraction of sp³-hybridized carbons (Fsp3) is 0.529. The van der Waals surface area contributed by atoms with Crippen molar-refractivity contribution in [3.8, 4) is 5.75 Å². The molecule has 0 aromatic heterocycles. The van der Waals surface area contributed by atoms with Gasteiger partial charge in [0.2, 0.25) is 0 Å². The van der Waals surface area contributed by atoms with Crippen molar-refractivity contribution in [1.82, 2.24) is 10.6 Å². The SMILES string of the molecule is Cc1ccc(OCC(=O)NCCNC(=O)C(Cl)Cl)c(C(C)(C)C)c1. The number of ether oxygens (including phenoxy) is 1. The molecule has 0 saturated heterocycles. The van der Waals surface area contributed by atoms with Crippen molar-refractivity contribution in [2.24, 2.45) is 0 Å². The van der Waals surface area contributed by atoms with Gasteiger partial charge in [0, 0.05) is 13.1 Å². The molecule has 1 rings (SSSR count). The predicted octanol–water partition coefficient (Wildman–Crippen LogP) is 2.71. The number of hydrogen-bond acceptors (Lipinski definition) is 3. The van der Waals surface area contributed by atoms with Gasteiger partial charge in [-0.2, -0.15) is 0 Å². The van der Waals surface area contributed by atoms with Crippen LogP contribution in [0.1, 0.15) is 31.9 Å². The number of hydrogen-bond donors (Lipinski definition) is 2. The minimum atomic E-state index is -1.11. The first-order valence-electron chi connectivity index (χ1n) is 7.67. The first kappa shape index (κ1) is 20.6. The van der Waals surface area contributed by atoms with Crippen LogP contribution in [0, 0.1) is 6.92 Å². The number of amides is 2. The third kappa shape index (κ3) is 6.97. The third-order valence-electron chi connectivity index (χ3n) is 3.25. The molecule has 0 aliphatic rings. The topological polar surface area (TPSA) is 67.4 Å². The van der Waals surface area contributed by atoms with E-state index in [2.05, 4.69) is 37.5 Å². The van der Waals surface area contributed by atoms with Gasteiger partial charge in [-0.25, -0.2) is 0 Å². The summed E-state index contributed by atoms with van der Waals surface area (Å²) in [4.78, 5) is 21.9. The van der Waals surface area contributed by atoms with Crippen molar-refractivity contribution in [2.75, 3.05) is 19.7 Å². The van der Waals surface area contributed by atoms with Gasteiger partial charge in [-0.15, -0.1) is 0 Å². The molecular weight excluding hydrogens is 351 g/mol. The summed E-state index contributed by atoms with van der Waals surface area (Å²) in [5.74, 6) is -0.0556. The Morgan fingerprint density at radius 1 is 1.17 bits per heavy atom. The highest BCUT2D eigenvalue weighted by Crippen LogP contribution is 2.32. The number of aryl methyl sites for hydroxylation is 1. The van der Waals surface area contributed by atoms with Crippen molar-refractivity contribution in [1.29, 1.82) is 0 Å². The Morgan fingerprint density at radius 3 is 2.38 bits per heavy atom. The zero-order chi connectivity index (χ0) is 18.3. The van der Waals surface area contributed by atoms with Gasteiger partial charge in [0.05, 0.1) is 0 Å². The molecule has 0 aliphatic heterocycles. The van der Waals surface area contributed by atoms with Crippen molar-refractivity contribution in [3.05, 3.63) is 29.3 Å². The molecule has 0 unspecified atom stereocenters. The first-order chi connectivity index (χ1) is 11.1. The van der Waals surface area contributed by atoms with Gasteiger partial charge in [0.25, 0.3) is 11.8 Å². The maximum atomic E-state index is 11.8. The summed E-state index contributed by atoms with van der Waals surface area (Å²) in [6.07, 6.45) is 0. The number of nitrogens with one attached hydrogen (secondary N) is 2. The molecule has 2 amide bonds.